The lowest BCUT2D eigenvalue weighted by Gasteiger charge is -2.23. The summed E-state index contributed by atoms with van der Waals surface area (Å²) in [5, 5.41) is 4.70. The highest BCUT2D eigenvalue weighted by Gasteiger charge is 2.28. The predicted octanol–water partition coefficient (Wildman–Crippen LogP) is 3.10. The molecule has 1 aromatic heterocycles. The maximum Gasteiger partial charge on any atom is 0.132 e. The zero-order valence-corrected chi connectivity index (χ0v) is 11.3. The molecule has 0 saturated heterocycles. The number of aromatic nitrogens is 2. The second-order valence-corrected chi connectivity index (χ2v) is 5.88. The zero-order chi connectivity index (χ0) is 11.1. The van der Waals surface area contributed by atoms with Crippen LogP contribution in [-0.4, -0.2) is 21.7 Å². The highest BCUT2D eigenvalue weighted by atomic mass is 79.9. The molecule has 0 bridgehead atoms. The van der Waals surface area contributed by atoms with Gasteiger partial charge >= 0.3 is 0 Å². The fourth-order valence-corrected chi connectivity index (χ4v) is 3.53. The Morgan fingerprint density at radius 3 is 2.69 bits per heavy atom. The molecule has 1 fully saturated rings. The van der Waals surface area contributed by atoms with E-state index in [9.17, 15) is 0 Å². The van der Waals surface area contributed by atoms with Gasteiger partial charge < -0.3 is 0 Å². The maximum atomic E-state index is 4.70. The first-order valence-corrected chi connectivity index (χ1v) is 6.99. The quantitative estimate of drug-likeness (QED) is 0.790. The van der Waals surface area contributed by atoms with Crippen molar-refractivity contribution in [1.82, 2.24) is 14.7 Å². The van der Waals surface area contributed by atoms with Crippen molar-refractivity contribution >= 4 is 15.9 Å². The number of halogens is 1. The molecule has 16 heavy (non-hydrogen) atoms. The molecule has 1 aliphatic carbocycles. The van der Waals surface area contributed by atoms with Crippen molar-refractivity contribution in [1.29, 1.82) is 0 Å². The molecule has 0 aromatic carbocycles. The van der Waals surface area contributed by atoms with Crippen LogP contribution in [0, 0.1) is 0 Å². The van der Waals surface area contributed by atoms with Gasteiger partial charge in [-0.15, -0.1) is 0 Å². The topological polar surface area (TPSA) is 21.1 Å². The minimum Gasteiger partial charge on any atom is -0.296 e. The summed E-state index contributed by atoms with van der Waals surface area (Å²) in [4.78, 5) is 2.36. The van der Waals surface area contributed by atoms with Gasteiger partial charge in [-0.05, 0) is 35.8 Å². The van der Waals surface area contributed by atoms with Crippen LogP contribution in [0.5, 0.6) is 0 Å². The SMILES string of the molecule is CN1Cc2c(Br)nn(C3CCCCC3)c2C1. The fourth-order valence-electron chi connectivity index (χ4n) is 3.01. The van der Waals surface area contributed by atoms with E-state index in [0.717, 1.165) is 17.7 Å². The van der Waals surface area contributed by atoms with Gasteiger partial charge in [-0.2, -0.15) is 5.10 Å². The summed E-state index contributed by atoms with van der Waals surface area (Å²) < 4.78 is 3.37. The number of hydrogen-bond donors (Lipinski definition) is 0. The van der Waals surface area contributed by atoms with E-state index < -0.39 is 0 Å². The zero-order valence-electron chi connectivity index (χ0n) is 9.75. The molecule has 0 atom stereocenters. The van der Waals surface area contributed by atoms with Crippen molar-refractivity contribution in [2.24, 2.45) is 0 Å². The summed E-state index contributed by atoms with van der Waals surface area (Å²) in [6.45, 7) is 2.10. The average Bonchev–Trinajstić information content (AvgIpc) is 2.80. The molecule has 0 spiro atoms. The van der Waals surface area contributed by atoms with E-state index in [0.29, 0.717) is 6.04 Å². The lowest BCUT2D eigenvalue weighted by molar-refractivity contribution is 0.298. The van der Waals surface area contributed by atoms with Gasteiger partial charge in [-0.1, -0.05) is 19.3 Å². The Balaban J connectivity index is 1.93. The van der Waals surface area contributed by atoms with E-state index in [4.69, 9.17) is 5.10 Å². The third-order valence-corrected chi connectivity index (χ3v) is 4.47. The minimum absolute atomic E-state index is 0.653. The van der Waals surface area contributed by atoms with Gasteiger partial charge in [0.1, 0.15) is 4.60 Å². The van der Waals surface area contributed by atoms with Gasteiger partial charge in [0.25, 0.3) is 0 Å². The van der Waals surface area contributed by atoms with E-state index in [1.54, 1.807) is 0 Å². The molecule has 1 aromatic rings. The van der Waals surface area contributed by atoms with Crippen LogP contribution in [0.2, 0.25) is 0 Å². The third kappa shape index (κ3) is 1.72. The van der Waals surface area contributed by atoms with E-state index in [2.05, 4.69) is 32.6 Å². The second kappa shape index (κ2) is 4.15. The Morgan fingerprint density at radius 1 is 1.19 bits per heavy atom. The van der Waals surface area contributed by atoms with Crippen molar-refractivity contribution in [3.63, 3.8) is 0 Å². The highest BCUT2D eigenvalue weighted by molar-refractivity contribution is 9.10. The molecule has 1 saturated carbocycles. The summed E-state index contributed by atoms with van der Waals surface area (Å²) in [6, 6.07) is 0.653. The second-order valence-electron chi connectivity index (χ2n) is 5.12. The summed E-state index contributed by atoms with van der Waals surface area (Å²) in [5.41, 5.74) is 2.86. The number of hydrogen-bond acceptors (Lipinski definition) is 2. The van der Waals surface area contributed by atoms with Crippen LogP contribution in [0.15, 0.2) is 4.60 Å². The number of rotatable bonds is 1. The standard InChI is InChI=1S/C12H18BrN3/c1-15-7-10-11(8-15)16(14-12(10)13)9-5-3-2-4-6-9/h9H,2-8H2,1H3. The van der Waals surface area contributed by atoms with E-state index in [-0.39, 0.29) is 0 Å². The summed E-state index contributed by atoms with van der Waals surface area (Å²) >= 11 is 3.60. The molecule has 3 rings (SSSR count). The van der Waals surface area contributed by atoms with Crippen molar-refractivity contribution in [3.05, 3.63) is 15.9 Å². The van der Waals surface area contributed by atoms with Crippen LogP contribution in [0.1, 0.15) is 49.4 Å². The fraction of sp³-hybridized carbons (Fsp3) is 0.750. The van der Waals surface area contributed by atoms with E-state index >= 15 is 0 Å². The molecule has 0 amide bonds. The van der Waals surface area contributed by atoms with Gasteiger partial charge in [-0.3, -0.25) is 9.58 Å². The highest BCUT2D eigenvalue weighted by Crippen LogP contribution is 2.35. The van der Waals surface area contributed by atoms with Crippen molar-refractivity contribution < 1.29 is 0 Å². The molecule has 0 N–H and O–H groups in total. The van der Waals surface area contributed by atoms with Gasteiger partial charge in [0.05, 0.1) is 11.7 Å². The van der Waals surface area contributed by atoms with Gasteiger partial charge in [0.2, 0.25) is 0 Å². The first-order valence-electron chi connectivity index (χ1n) is 6.20. The molecular weight excluding hydrogens is 266 g/mol. The summed E-state index contributed by atoms with van der Waals surface area (Å²) in [6.07, 6.45) is 6.76. The van der Waals surface area contributed by atoms with Crippen molar-refractivity contribution in [2.45, 2.75) is 51.2 Å². The van der Waals surface area contributed by atoms with Crippen LogP contribution in [0.4, 0.5) is 0 Å². The molecule has 1 aliphatic heterocycles. The van der Waals surface area contributed by atoms with Crippen LogP contribution in [0.3, 0.4) is 0 Å². The Labute approximate surface area is 105 Å². The monoisotopic (exact) mass is 283 g/mol. The molecule has 88 valence electrons. The average molecular weight is 284 g/mol. The van der Waals surface area contributed by atoms with Crippen molar-refractivity contribution in [2.75, 3.05) is 7.05 Å². The molecule has 4 heteroatoms. The summed E-state index contributed by atoms with van der Waals surface area (Å²) in [7, 11) is 2.18. The Morgan fingerprint density at radius 2 is 1.94 bits per heavy atom. The van der Waals surface area contributed by atoms with Gasteiger partial charge in [0.15, 0.2) is 0 Å². The first-order chi connectivity index (χ1) is 7.75. The number of nitrogens with zero attached hydrogens (tertiary/aromatic N) is 3. The molecular formula is C12H18BrN3. The van der Waals surface area contributed by atoms with Crippen LogP contribution < -0.4 is 0 Å². The largest absolute Gasteiger partial charge is 0.296 e. The lowest BCUT2D eigenvalue weighted by Crippen LogP contribution is -2.18. The predicted molar refractivity (Wildman–Crippen MR) is 67.2 cm³/mol. The molecule has 2 aliphatic rings. The normalized spacial score (nSPS) is 22.6. The Hall–Kier alpha value is -0.350. The van der Waals surface area contributed by atoms with Crippen LogP contribution in [-0.2, 0) is 13.1 Å². The smallest absolute Gasteiger partial charge is 0.132 e. The van der Waals surface area contributed by atoms with Crippen LogP contribution >= 0.6 is 15.9 Å². The van der Waals surface area contributed by atoms with Gasteiger partial charge in [0, 0.05) is 18.7 Å². The van der Waals surface area contributed by atoms with E-state index in [1.165, 1.54) is 43.4 Å². The Bertz CT molecular complexity index is 393. The molecule has 3 nitrogen and oxygen atoms in total. The lowest BCUT2D eigenvalue weighted by atomic mass is 9.95. The van der Waals surface area contributed by atoms with Crippen molar-refractivity contribution in [3.8, 4) is 0 Å². The number of fused-ring (bicyclic) bond motifs is 1. The van der Waals surface area contributed by atoms with E-state index in [1.807, 2.05) is 0 Å². The maximum absolute atomic E-state index is 4.70. The molecule has 0 unspecified atom stereocenters. The van der Waals surface area contributed by atoms with Gasteiger partial charge in [-0.25, -0.2) is 0 Å². The third-order valence-electron chi connectivity index (χ3n) is 3.84. The minimum atomic E-state index is 0.653. The molecule has 0 radical (unpaired) electrons. The summed E-state index contributed by atoms with van der Waals surface area (Å²) in [5.74, 6) is 0. The first kappa shape index (κ1) is 10.8. The van der Waals surface area contributed by atoms with Crippen LogP contribution in [0.25, 0.3) is 0 Å². The Kier molecular flexibility index (Phi) is 2.80. The molecule has 2 heterocycles.